The van der Waals surface area contributed by atoms with Crippen LogP contribution in [-0.4, -0.2) is 38.7 Å². The number of aromatic nitrogens is 3. The maximum absolute atomic E-state index is 13.1. The van der Waals surface area contributed by atoms with Gasteiger partial charge in [0.1, 0.15) is 12.2 Å². The zero-order valence-corrected chi connectivity index (χ0v) is 15.2. The average Bonchev–Trinajstić information content (AvgIpc) is 3.22. The van der Waals surface area contributed by atoms with Gasteiger partial charge in [-0.25, -0.2) is 0 Å². The number of ether oxygens (including phenoxy) is 1. The van der Waals surface area contributed by atoms with E-state index in [2.05, 4.69) is 14.8 Å². The van der Waals surface area contributed by atoms with E-state index >= 15 is 0 Å². The first-order chi connectivity index (χ1) is 12.6. The largest absolute Gasteiger partial charge is 0.451 e. The van der Waals surface area contributed by atoms with Crippen LogP contribution in [0, 0.1) is 6.92 Å². The number of hydrogen-bond donors (Lipinski definition) is 0. The molecule has 0 bridgehead atoms. The van der Waals surface area contributed by atoms with E-state index in [-0.39, 0.29) is 11.9 Å². The summed E-state index contributed by atoms with van der Waals surface area (Å²) in [5.41, 5.74) is 1.61. The van der Waals surface area contributed by atoms with Crippen molar-refractivity contribution in [2.75, 3.05) is 13.2 Å². The van der Waals surface area contributed by atoms with Crippen LogP contribution >= 0.6 is 0 Å². The van der Waals surface area contributed by atoms with Gasteiger partial charge >= 0.3 is 0 Å². The minimum atomic E-state index is -0.174. The highest BCUT2D eigenvalue weighted by Crippen LogP contribution is 2.30. The van der Waals surface area contributed by atoms with Crippen molar-refractivity contribution in [2.24, 2.45) is 0 Å². The molecule has 0 spiro atoms. The Morgan fingerprint density at radius 2 is 2.12 bits per heavy atom. The van der Waals surface area contributed by atoms with Crippen molar-refractivity contribution in [3.8, 4) is 0 Å². The summed E-state index contributed by atoms with van der Waals surface area (Å²) in [5, 5.41) is 9.50. The van der Waals surface area contributed by atoms with E-state index < -0.39 is 0 Å². The van der Waals surface area contributed by atoms with E-state index in [4.69, 9.17) is 9.15 Å². The van der Waals surface area contributed by atoms with Gasteiger partial charge in [-0.3, -0.25) is 4.79 Å². The average molecular weight is 354 g/mol. The summed E-state index contributed by atoms with van der Waals surface area (Å²) in [6.45, 7) is 8.16. The Morgan fingerprint density at radius 1 is 1.31 bits per heavy atom. The monoisotopic (exact) mass is 354 g/mol. The molecule has 2 aromatic heterocycles. The summed E-state index contributed by atoms with van der Waals surface area (Å²) in [5.74, 6) is 1.89. The smallest absolute Gasteiger partial charge is 0.290 e. The molecule has 7 nitrogen and oxygen atoms in total. The predicted molar refractivity (Wildman–Crippen MR) is 95.8 cm³/mol. The van der Waals surface area contributed by atoms with Crippen LogP contribution in [0.3, 0.4) is 0 Å². The van der Waals surface area contributed by atoms with Crippen LogP contribution in [0.4, 0.5) is 0 Å². The molecule has 3 aromatic rings. The Hall–Kier alpha value is -2.67. The molecular weight excluding hydrogens is 332 g/mol. The molecule has 7 heteroatoms. The second kappa shape index (κ2) is 6.57. The molecule has 1 aliphatic rings. The van der Waals surface area contributed by atoms with Crippen molar-refractivity contribution in [3.63, 3.8) is 0 Å². The molecule has 3 heterocycles. The van der Waals surface area contributed by atoms with E-state index in [1.165, 1.54) is 0 Å². The number of amides is 1. The van der Waals surface area contributed by atoms with Crippen molar-refractivity contribution in [1.82, 2.24) is 19.7 Å². The topological polar surface area (TPSA) is 73.4 Å². The number of hydrogen-bond acceptors (Lipinski definition) is 5. The van der Waals surface area contributed by atoms with Gasteiger partial charge in [-0.1, -0.05) is 18.2 Å². The molecule has 1 atom stereocenters. The van der Waals surface area contributed by atoms with Crippen molar-refractivity contribution in [1.29, 1.82) is 0 Å². The Balaban J connectivity index is 1.63. The van der Waals surface area contributed by atoms with Gasteiger partial charge < -0.3 is 18.6 Å². The van der Waals surface area contributed by atoms with Gasteiger partial charge in [-0.15, -0.1) is 10.2 Å². The third kappa shape index (κ3) is 2.59. The lowest BCUT2D eigenvalue weighted by Crippen LogP contribution is -2.41. The number of benzene rings is 1. The highest BCUT2D eigenvalue weighted by molar-refractivity contribution is 5.99. The highest BCUT2D eigenvalue weighted by atomic mass is 16.5. The highest BCUT2D eigenvalue weighted by Gasteiger charge is 2.34. The Labute approximate surface area is 151 Å². The summed E-state index contributed by atoms with van der Waals surface area (Å²) in [4.78, 5) is 14.9. The zero-order chi connectivity index (χ0) is 18.3. The van der Waals surface area contributed by atoms with E-state index in [9.17, 15) is 4.79 Å². The molecule has 136 valence electrons. The Bertz CT molecular complexity index is 959. The third-order valence-corrected chi connectivity index (χ3v) is 5.00. The molecule has 0 radical (unpaired) electrons. The summed E-state index contributed by atoms with van der Waals surface area (Å²) in [6.07, 6.45) is 0. The standard InChI is InChI=1S/C19H22N4O3/c1-4-25-11-16-20-21-18-13(3)22(9-10-23(16)18)19(24)17-12(2)14-7-5-6-8-15(14)26-17/h5-8,13H,4,9-11H2,1-3H3/t13-/m0/s1. The molecule has 1 aromatic carbocycles. The molecule has 0 saturated heterocycles. The molecule has 0 N–H and O–H groups in total. The van der Waals surface area contributed by atoms with Gasteiger partial charge in [0.05, 0.1) is 6.04 Å². The summed E-state index contributed by atoms with van der Waals surface area (Å²) >= 11 is 0. The molecule has 0 fully saturated rings. The first-order valence-corrected chi connectivity index (χ1v) is 8.90. The van der Waals surface area contributed by atoms with Crippen LogP contribution < -0.4 is 0 Å². The normalized spacial score (nSPS) is 16.9. The minimum absolute atomic E-state index is 0.105. The molecule has 1 amide bonds. The molecule has 0 saturated carbocycles. The lowest BCUT2D eigenvalue weighted by molar-refractivity contribution is 0.0599. The SMILES string of the molecule is CCOCc1nnc2n1CCN(C(=O)c1oc3ccccc3c1C)[C@H]2C. The van der Waals surface area contributed by atoms with E-state index in [1.54, 1.807) is 4.90 Å². The van der Waals surface area contributed by atoms with Gasteiger partial charge in [0, 0.05) is 30.6 Å². The van der Waals surface area contributed by atoms with Gasteiger partial charge in [0.15, 0.2) is 17.4 Å². The van der Waals surface area contributed by atoms with Crippen molar-refractivity contribution < 1.29 is 13.9 Å². The fraction of sp³-hybridized carbons (Fsp3) is 0.421. The number of rotatable bonds is 4. The molecule has 4 rings (SSSR count). The van der Waals surface area contributed by atoms with Gasteiger partial charge in [0.25, 0.3) is 5.91 Å². The molecule has 0 aliphatic carbocycles. The fourth-order valence-corrected chi connectivity index (χ4v) is 3.53. The maximum atomic E-state index is 13.1. The lowest BCUT2D eigenvalue weighted by Gasteiger charge is -2.33. The van der Waals surface area contributed by atoms with Crippen LogP contribution in [0.25, 0.3) is 11.0 Å². The van der Waals surface area contributed by atoms with Crippen LogP contribution in [0.5, 0.6) is 0 Å². The minimum Gasteiger partial charge on any atom is -0.451 e. The van der Waals surface area contributed by atoms with Crippen molar-refractivity contribution in [2.45, 2.75) is 40.0 Å². The molecule has 1 aliphatic heterocycles. The Morgan fingerprint density at radius 3 is 2.88 bits per heavy atom. The lowest BCUT2D eigenvalue weighted by atomic mass is 10.1. The van der Waals surface area contributed by atoms with Crippen molar-refractivity contribution >= 4 is 16.9 Å². The molecule has 0 unspecified atom stereocenters. The molecule has 26 heavy (non-hydrogen) atoms. The second-order valence-electron chi connectivity index (χ2n) is 6.49. The first-order valence-electron chi connectivity index (χ1n) is 8.90. The first kappa shape index (κ1) is 16.8. The number of aryl methyl sites for hydroxylation is 1. The van der Waals surface area contributed by atoms with Gasteiger partial charge in [-0.05, 0) is 26.8 Å². The number of nitrogens with zero attached hydrogens (tertiary/aromatic N) is 4. The zero-order valence-electron chi connectivity index (χ0n) is 15.2. The quantitative estimate of drug-likeness (QED) is 0.720. The van der Waals surface area contributed by atoms with E-state index in [1.807, 2.05) is 45.0 Å². The number of carbonyl (C=O) groups is 1. The summed E-state index contributed by atoms with van der Waals surface area (Å²) in [6, 6.07) is 7.54. The van der Waals surface area contributed by atoms with Crippen molar-refractivity contribution in [3.05, 3.63) is 47.2 Å². The van der Waals surface area contributed by atoms with Gasteiger partial charge in [0.2, 0.25) is 0 Å². The maximum Gasteiger partial charge on any atom is 0.290 e. The number of fused-ring (bicyclic) bond motifs is 2. The van der Waals surface area contributed by atoms with Crippen LogP contribution in [0.1, 0.15) is 47.7 Å². The van der Waals surface area contributed by atoms with Gasteiger partial charge in [-0.2, -0.15) is 0 Å². The van der Waals surface area contributed by atoms with Crippen LogP contribution in [0.15, 0.2) is 28.7 Å². The van der Waals surface area contributed by atoms with E-state index in [0.29, 0.717) is 32.1 Å². The number of furan rings is 1. The molecular formula is C19H22N4O3. The van der Waals surface area contributed by atoms with E-state index in [0.717, 1.165) is 28.2 Å². The summed E-state index contributed by atoms with van der Waals surface area (Å²) < 4.78 is 13.4. The third-order valence-electron chi connectivity index (χ3n) is 5.00. The fourth-order valence-electron chi connectivity index (χ4n) is 3.53. The number of carbonyl (C=O) groups excluding carboxylic acids is 1. The van der Waals surface area contributed by atoms with Crippen LogP contribution in [-0.2, 0) is 17.9 Å². The summed E-state index contributed by atoms with van der Waals surface area (Å²) in [7, 11) is 0. The Kier molecular flexibility index (Phi) is 4.24. The predicted octanol–water partition coefficient (Wildman–Crippen LogP) is 3.09. The second-order valence-corrected chi connectivity index (χ2v) is 6.49. The number of para-hydroxylation sites is 1. The van der Waals surface area contributed by atoms with Crippen LogP contribution in [0.2, 0.25) is 0 Å².